The van der Waals surface area contributed by atoms with Gasteiger partial charge in [-0.25, -0.2) is 0 Å². The van der Waals surface area contributed by atoms with Crippen molar-refractivity contribution in [3.8, 4) is 0 Å². The van der Waals surface area contributed by atoms with Gasteiger partial charge in [-0.05, 0) is 61.7 Å². The van der Waals surface area contributed by atoms with Gasteiger partial charge in [-0.1, -0.05) is 45.4 Å². The Morgan fingerprint density at radius 1 is 0.647 bits per heavy atom. The van der Waals surface area contributed by atoms with Crippen molar-refractivity contribution in [3.05, 3.63) is 0 Å². The number of fused-ring (bicyclic) bond motifs is 1. The van der Waals surface area contributed by atoms with Crippen molar-refractivity contribution < 1.29 is 0 Å². The van der Waals surface area contributed by atoms with E-state index in [0.717, 1.165) is 29.6 Å². The predicted molar refractivity (Wildman–Crippen MR) is 73.9 cm³/mol. The highest BCUT2D eigenvalue weighted by Gasteiger charge is 2.37. The molecule has 3 aliphatic carbocycles. The summed E-state index contributed by atoms with van der Waals surface area (Å²) >= 11 is 0. The zero-order chi connectivity index (χ0) is 11.7. The number of rotatable bonds is 2. The van der Waals surface area contributed by atoms with E-state index in [9.17, 15) is 0 Å². The second-order valence-electron chi connectivity index (χ2n) is 7.21. The molecular weight excluding hydrogens is 204 g/mol. The Balaban J connectivity index is 1.52. The van der Waals surface area contributed by atoms with Gasteiger partial charge in [-0.15, -0.1) is 0 Å². The molecule has 3 saturated carbocycles. The SMILES string of the molecule is CCC1CCC(C2CCC3CCCC3C2)CC1. The van der Waals surface area contributed by atoms with Crippen LogP contribution in [0.3, 0.4) is 0 Å². The van der Waals surface area contributed by atoms with Gasteiger partial charge < -0.3 is 0 Å². The normalized spacial score (nSPS) is 46.8. The lowest BCUT2D eigenvalue weighted by atomic mass is 9.66. The van der Waals surface area contributed by atoms with Crippen LogP contribution >= 0.6 is 0 Å². The van der Waals surface area contributed by atoms with Crippen LogP contribution in [0.15, 0.2) is 0 Å². The Labute approximate surface area is 108 Å². The van der Waals surface area contributed by atoms with E-state index in [0.29, 0.717) is 0 Å². The van der Waals surface area contributed by atoms with E-state index in [1.807, 2.05) is 0 Å². The maximum absolute atomic E-state index is 2.38. The number of hydrogen-bond donors (Lipinski definition) is 0. The van der Waals surface area contributed by atoms with Gasteiger partial charge in [-0.3, -0.25) is 0 Å². The first-order valence-electron chi connectivity index (χ1n) is 8.36. The van der Waals surface area contributed by atoms with Gasteiger partial charge >= 0.3 is 0 Å². The van der Waals surface area contributed by atoms with E-state index >= 15 is 0 Å². The molecule has 0 bridgehead atoms. The molecule has 3 rings (SSSR count). The molecule has 3 atom stereocenters. The molecule has 0 aromatic rings. The Bertz CT molecular complexity index is 236. The summed E-state index contributed by atoms with van der Waals surface area (Å²) in [6.45, 7) is 2.38. The molecular formula is C17H30. The van der Waals surface area contributed by atoms with E-state index in [1.165, 1.54) is 6.42 Å². The monoisotopic (exact) mass is 234 g/mol. The maximum atomic E-state index is 2.38. The van der Waals surface area contributed by atoms with Crippen LogP contribution in [0.25, 0.3) is 0 Å². The standard InChI is InChI=1S/C17H30/c1-2-13-6-8-15(9-7-13)17-11-10-14-4-3-5-16(14)12-17/h13-17H,2-12H2,1H3. The van der Waals surface area contributed by atoms with E-state index in [1.54, 1.807) is 64.2 Å². The first-order chi connectivity index (χ1) is 8.36. The highest BCUT2D eigenvalue weighted by atomic mass is 14.4. The first kappa shape index (κ1) is 12.1. The highest BCUT2D eigenvalue weighted by Crippen LogP contribution is 2.48. The molecule has 0 aromatic carbocycles. The van der Waals surface area contributed by atoms with Crippen LogP contribution in [-0.4, -0.2) is 0 Å². The second-order valence-corrected chi connectivity index (χ2v) is 7.21. The highest BCUT2D eigenvalue weighted by molar-refractivity contribution is 4.88. The van der Waals surface area contributed by atoms with Gasteiger partial charge in [-0.2, -0.15) is 0 Å². The third kappa shape index (κ3) is 2.56. The van der Waals surface area contributed by atoms with Crippen LogP contribution in [0.4, 0.5) is 0 Å². The van der Waals surface area contributed by atoms with Crippen molar-refractivity contribution in [1.82, 2.24) is 0 Å². The lowest BCUT2D eigenvalue weighted by Crippen LogP contribution is -2.28. The molecule has 0 heteroatoms. The second kappa shape index (κ2) is 5.33. The quantitative estimate of drug-likeness (QED) is 0.598. The largest absolute Gasteiger partial charge is 0.0651 e. The minimum Gasteiger partial charge on any atom is -0.0651 e. The summed E-state index contributed by atoms with van der Waals surface area (Å²) in [4.78, 5) is 0. The fourth-order valence-corrected chi connectivity index (χ4v) is 5.23. The summed E-state index contributed by atoms with van der Waals surface area (Å²) in [6.07, 6.45) is 17.1. The molecule has 0 radical (unpaired) electrons. The van der Waals surface area contributed by atoms with Gasteiger partial charge in [0.1, 0.15) is 0 Å². The van der Waals surface area contributed by atoms with E-state index in [2.05, 4.69) is 6.92 Å². The summed E-state index contributed by atoms with van der Waals surface area (Å²) in [7, 11) is 0. The molecule has 3 unspecified atom stereocenters. The predicted octanol–water partition coefficient (Wildman–Crippen LogP) is 5.42. The molecule has 0 aliphatic heterocycles. The Morgan fingerprint density at radius 2 is 1.18 bits per heavy atom. The molecule has 0 spiro atoms. The molecule has 3 fully saturated rings. The average molecular weight is 234 g/mol. The van der Waals surface area contributed by atoms with Crippen LogP contribution in [0.1, 0.15) is 77.6 Å². The lowest BCUT2D eigenvalue weighted by Gasteiger charge is -2.39. The summed E-state index contributed by atoms with van der Waals surface area (Å²) < 4.78 is 0. The van der Waals surface area contributed by atoms with Crippen LogP contribution < -0.4 is 0 Å². The molecule has 0 heterocycles. The van der Waals surface area contributed by atoms with Crippen molar-refractivity contribution in [2.24, 2.45) is 29.6 Å². The number of hydrogen-bond acceptors (Lipinski definition) is 0. The van der Waals surface area contributed by atoms with Gasteiger partial charge in [0.2, 0.25) is 0 Å². The molecule has 0 nitrogen and oxygen atoms in total. The summed E-state index contributed by atoms with van der Waals surface area (Å²) in [5.74, 6) is 5.64. The molecule has 98 valence electrons. The molecule has 3 aliphatic rings. The Morgan fingerprint density at radius 3 is 1.94 bits per heavy atom. The minimum absolute atomic E-state index is 1.08. The van der Waals surface area contributed by atoms with Gasteiger partial charge in [0.25, 0.3) is 0 Å². The van der Waals surface area contributed by atoms with Crippen molar-refractivity contribution in [1.29, 1.82) is 0 Å². The Hall–Kier alpha value is 0. The zero-order valence-corrected chi connectivity index (χ0v) is 11.7. The van der Waals surface area contributed by atoms with E-state index in [4.69, 9.17) is 0 Å². The average Bonchev–Trinajstić information content (AvgIpc) is 2.86. The molecule has 0 amide bonds. The zero-order valence-electron chi connectivity index (χ0n) is 11.7. The molecule has 17 heavy (non-hydrogen) atoms. The topological polar surface area (TPSA) is 0 Å². The minimum atomic E-state index is 1.08. The van der Waals surface area contributed by atoms with Crippen molar-refractivity contribution in [3.63, 3.8) is 0 Å². The van der Waals surface area contributed by atoms with E-state index in [-0.39, 0.29) is 0 Å². The van der Waals surface area contributed by atoms with Gasteiger partial charge in [0.05, 0.1) is 0 Å². The van der Waals surface area contributed by atoms with Crippen molar-refractivity contribution >= 4 is 0 Å². The van der Waals surface area contributed by atoms with Gasteiger partial charge in [0, 0.05) is 0 Å². The van der Waals surface area contributed by atoms with Crippen LogP contribution in [0.5, 0.6) is 0 Å². The smallest absolute Gasteiger partial charge is 0.0383 e. The van der Waals surface area contributed by atoms with Crippen LogP contribution in [0.2, 0.25) is 0 Å². The van der Waals surface area contributed by atoms with Gasteiger partial charge in [0.15, 0.2) is 0 Å². The molecule has 0 N–H and O–H groups in total. The summed E-state index contributed by atoms with van der Waals surface area (Å²) in [5, 5.41) is 0. The lowest BCUT2D eigenvalue weighted by molar-refractivity contribution is 0.116. The third-order valence-electron chi connectivity index (χ3n) is 6.47. The summed E-state index contributed by atoms with van der Waals surface area (Å²) in [5.41, 5.74) is 0. The fraction of sp³-hybridized carbons (Fsp3) is 1.00. The molecule has 0 aromatic heterocycles. The van der Waals surface area contributed by atoms with E-state index < -0.39 is 0 Å². The Kier molecular flexibility index (Phi) is 3.78. The summed E-state index contributed by atoms with van der Waals surface area (Å²) in [6, 6.07) is 0. The van der Waals surface area contributed by atoms with Crippen LogP contribution in [0, 0.1) is 29.6 Å². The van der Waals surface area contributed by atoms with Crippen molar-refractivity contribution in [2.45, 2.75) is 77.6 Å². The maximum Gasteiger partial charge on any atom is -0.0383 e. The first-order valence-corrected chi connectivity index (χ1v) is 8.36. The molecule has 0 saturated heterocycles. The third-order valence-corrected chi connectivity index (χ3v) is 6.47. The van der Waals surface area contributed by atoms with Crippen molar-refractivity contribution in [2.75, 3.05) is 0 Å². The van der Waals surface area contributed by atoms with Crippen LogP contribution in [-0.2, 0) is 0 Å². The fourth-order valence-electron chi connectivity index (χ4n) is 5.23.